The van der Waals surface area contributed by atoms with Crippen molar-refractivity contribution >= 4 is 22.9 Å². The van der Waals surface area contributed by atoms with Gasteiger partial charge in [0.05, 0.1) is 0 Å². The van der Waals surface area contributed by atoms with E-state index in [1.165, 1.54) is 5.56 Å². The molecule has 0 saturated carbocycles. The second-order valence-corrected chi connectivity index (χ2v) is 4.06. The summed E-state index contributed by atoms with van der Waals surface area (Å²) in [5.74, 6) is 0. The molecule has 0 aromatic heterocycles. The summed E-state index contributed by atoms with van der Waals surface area (Å²) in [6.45, 7) is 6.12. The van der Waals surface area contributed by atoms with Crippen LogP contribution in [0.15, 0.2) is 24.3 Å². The van der Waals surface area contributed by atoms with Gasteiger partial charge in [-0.05, 0) is 19.4 Å². The summed E-state index contributed by atoms with van der Waals surface area (Å²) in [6.07, 6.45) is -0.239. The molecular formula is C12H18INO2. The molecule has 0 amide bonds. The van der Waals surface area contributed by atoms with E-state index in [2.05, 4.69) is 50.7 Å². The first-order valence-corrected chi connectivity index (χ1v) is 6.55. The van der Waals surface area contributed by atoms with Gasteiger partial charge < -0.3 is 9.47 Å². The lowest BCUT2D eigenvalue weighted by atomic mass is 10.1. The van der Waals surface area contributed by atoms with Crippen LogP contribution in [0, 0.1) is 0 Å². The zero-order chi connectivity index (χ0) is 11.8. The topological polar surface area (TPSA) is 30.5 Å². The summed E-state index contributed by atoms with van der Waals surface area (Å²) in [4.78, 5) is 0. The fraction of sp³-hybridized carbons (Fsp3) is 0.500. The summed E-state index contributed by atoms with van der Waals surface area (Å²) < 4.78 is 14.1. The molecule has 90 valence electrons. The Morgan fingerprint density at radius 2 is 1.69 bits per heavy atom. The minimum Gasteiger partial charge on any atom is -0.349 e. The van der Waals surface area contributed by atoms with Crippen LogP contribution in [0.3, 0.4) is 0 Å². The van der Waals surface area contributed by atoms with E-state index in [0.29, 0.717) is 13.2 Å². The van der Waals surface area contributed by atoms with Crippen LogP contribution >= 0.6 is 22.9 Å². The van der Waals surface area contributed by atoms with Crippen molar-refractivity contribution in [3.63, 3.8) is 0 Å². The molecule has 3 nitrogen and oxygen atoms in total. The minimum absolute atomic E-state index is 0.239. The van der Waals surface area contributed by atoms with Gasteiger partial charge in [0.2, 0.25) is 0 Å². The van der Waals surface area contributed by atoms with Gasteiger partial charge in [0.15, 0.2) is 6.29 Å². The number of hydrogen-bond donors (Lipinski definition) is 1. The van der Waals surface area contributed by atoms with Crippen molar-refractivity contribution in [1.82, 2.24) is 3.53 Å². The molecule has 0 unspecified atom stereocenters. The fourth-order valence-electron chi connectivity index (χ4n) is 1.41. The highest BCUT2D eigenvalue weighted by molar-refractivity contribution is 14.1. The molecule has 1 aromatic carbocycles. The average Bonchev–Trinajstić information content (AvgIpc) is 2.30. The zero-order valence-corrected chi connectivity index (χ0v) is 11.9. The molecule has 0 atom stereocenters. The van der Waals surface area contributed by atoms with Crippen LogP contribution in [0.5, 0.6) is 0 Å². The molecule has 1 N–H and O–H groups in total. The molecule has 0 bridgehead atoms. The van der Waals surface area contributed by atoms with Gasteiger partial charge in [0.25, 0.3) is 0 Å². The molecular weight excluding hydrogens is 317 g/mol. The molecule has 0 aliphatic rings. The third-order valence-electron chi connectivity index (χ3n) is 2.16. The first kappa shape index (κ1) is 13.9. The van der Waals surface area contributed by atoms with E-state index in [-0.39, 0.29) is 6.29 Å². The number of rotatable bonds is 7. The first-order valence-electron chi connectivity index (χ1n) is 5.47. The predicted molar refractivity (Wildman–Crippen MR) is 73.3 cm³/mol. The van der Waals surface area contributed by atoms with Crippen LogP contribution < -0.4 is 3.53 Å². The maximum Gasteiger partial charge on any atom is 0.183 e. The van der Waals surface area contributed by atoms with Crippen molar-refractivity contribution in [2.24, 2.45) is 0 Å². The molecule has 0 radical (unpaired) electrons. The minimum atomic E-state index is -0.239. The normalized spacial score (nSPS) is 11.0. The number of nitrogens with one attached hydrogen (secondary N) is 1. The number of benzene rings is 1. The molecule has 1 rings (SSSR count). The lowest BCUT2D eigenvalue weighted by Crippen LogP contribution is -2.09. The average molecular weight is 335 g/mol. The molecule has 16 heavy (non-hydrogen) atoms. The van der Waals surface area contributed by atoms with Crippen LogP contribution in [0.4, 0.5) is 0 Å². The van der Waals surface area contributed by atoms with Crippen molar-refractivity contribution in [3.05, 3.63) is 35.4 Å². The third kappa shape index (κ3) is 4.37. The van der Waals surface area contributed by atoms with E-state index in [4.69, 9.17) is 9.47 Å². The lowest BCUT2D eigenvalue weighted by Gasteiger charge is -2.17. The summed E-state index contributed by atoms with van der Waals surface area (Å²) in [7, 11) is 0. The van der Waals surface area contributed by atoms with E-state index in [0.717, 1.165) is 12.1 Å². The Kier molecular flexibility index (Phi) is 6.95. The summed E-state index contributed by atoms with van der Waals surface area (Å²) >= 11 is 2.14. The summed E-state index contributed by atoms with van der Waals surface area (Å²) in [5.41, 5.74) is 2.32. The molecule has 1 aromatic rings. The quantitative estimate of drug-likeness (QED) is 0.472. The van der Waals surface area contributed by atoms with Crippen molar-refractivity contribution in [2.75, 3.05) is 13.2 Å². The Balaban J connectivity index is 2.68. The van der Waals surface area contributed by atoms with Gasteiger partial charge in [0, 0.05) is 48.2 Å². The van der Waals surface area contributed by atoms with Gasteiger partial charge in [0.1, 0.15) is 0 Å². The molecule has 0 aliphatic heterocycles. The van der Waals surface area contributed by atoms with Gasteiger partial charge in [-0.1, -0.05) is 24.3 Å². The summed E-state index contributed by atoms with van der Waals surface area (Å²) in [5, 5.41) is 0. The van der Waals surface area contributed by atoms with Gasteiger partial charge in [-0.3, -0.25) is 3.53 Å². The highest BCUT2D eigenvalue weighted by Gasteiger charge is 2.10. The van der Waals surface area contributed by atoms with Crippen molar-refractivity contribution < 1.29 is 9.47 Å². The van der Waals surface area contributed by atoms with Gasteiger partial charge >= 0.3 is 0 Å². The number of ether oxygens (including phenoxy) is 2. The molecule has 0 fully saturated rings. The van der Waals surface area contributed by atoms with E-state index in [9.17, 15) is 0 Å². The fourth-order valence-corrected chi connectivity index (χ4v) is 1.85. The van der Waals surface area contributed by atoms with E-state index in [1.54, 1.807) is 0 Å². The van der Waals surface area contributed by atoms with E-state index >= 15 is 0 Å². The van der Waals surface area contributed by atoms with Crippen molar-refractivity contribution in [3.8, 4) is 0 Å². The molecule has 0 aliphatic carbocycles. The zero-order valence-electron chi connectivity index (χ0n) is 9.70. The Hall–Kier alpha value is -0.170. The van der Waals surface area contributed by atoms with Crippen LogP contribution in [-0.4, -0.2) is 13.2 Å². The van der Waals surface area contributed by atoms with Crippen LogP contribution in [-0.2, 0) is 16.0 Å². The van der Waals surface area contributed by atoms with E-state index < -0.39 is 0 Å². The largest absolute Gasteiger partial charge is 0.349 e. The molecule has 0 heterocycles. The Morgan fingerprint density at radius 1 is 1.12 bits per heavy atom. The number of halogens is 1. The van der Waals surface area contributed by atoms with Crippen LogP contribution in [0.2, 0.25) is 0 Å². The van der Waals surface area contributed by atoms with Crippen LogP contribution in [0.25, 0.3) is 0 Å². The highest BCUT2D eigenvalue weighted by atomic mass is 127. The second kappa shape index (κ2) is 8.00. The second-order valence-electron chi connectivity index (χ2n) is 3.29. The number of hydrogen-bond acceptors (Lipinski definition) is 3. The van der Waals surface area contributed by atoms with Crippen LogP contribution in [0.1, 0.15) is 31.3 Å². The molecule has 4 heteroatoms. The SMILES string of the molecule is CCOC(OCC)c1ccc(CNI)cc1. The van der Waals surface area contributed by atoms with Gasteiger partial charge in [-0.15, -0.1) is 0 Å². The Labute approximate surface area is 111 Å². The molecule has 0 spiro atoms. The molecule has 0 saturated heterocycles. The first-order chi connectivity index (χ1) is 7.81. The standard InChI is InChI=1S/C12H18INO2/c1-3-15-12(16-4-2)11-7-5-10(6-8-11)9-14-13/h5-8,12,14H,3-4,9H2,1-2H3. The Bertz CT molecular complexity index is 284. The van der Waals surface area contributed by atoms with Gasteiger partial charge in [-0.2, -0.15) is 0 Å². The summed E-state index contributed by atoms with van der Waals surface area (Å²) in [6, 6.07) is 8.29. The van der Waals surface area contributed by atoms with E-state index in [1.807, 2.05) is 13.8 Å². The highest BCUT2D eigenvalue weighted by Crippen LogP contribution is 2.19. The lowest BCUT2D eigenvalue weighted by molar-refractivity contribution is -0.140. The van der Waals surface area contributed by atoms with Crippen molar-refractivity contribution in [1.29, 1.82) is 0 Å². The monoisotopic (exact) mass is 335 g/mol. The van der Waals surface area contributed by atoms with Gasteiger partial charge in [-0.25, -0.2) is 0 Å². The maximum absolute atomic E-state index is 5.53. The Morgan fingerprint density at radius 3 is 2.12 bits per heavy atom. The third-order valence-corrected chi connectivity index (χ3v) is 2.54. The van der Waals surface area contributed by atoms with Crippen molar-refractivity contribution in [2.45, 2.75) is 26.7 Å². The predicted octanol–water partition coefficient (Wildman–Crippen LogP) is 3.20. The smallest absolute Gasteiger partial charge is 0.183 e. The maximum atomic E-state index is 5.53.